The van der Waals surface area contributed by atoms with E-state index in [0.717, 1.165) is 12.8 Å². The van der Waals surface area contributed by atoms with Crippen LogP contribution in [0.3, 0.4) is 0 Å². The summed E-state index contributed by atoms with van der Waals surface area (Å²) in [5, 5.41) is 0. The second-order valence-corrected chi connectivity index (χ2v) is 3.85. The number of ether oxygens (including phenoxy) is 1. The molecule has 0 spiro atoms. The van der Waals surface area contributed by atoms with Gasteiger partial charge in [0.1, 0.15) is 5.57 Å². The van der Waals surface area contributed by atoms with Crippen LogP contribution in [0.15, 0.2) is 11.6 Å². The quantitative estimate of drug-likeness (QED) is 0.213. The fourth-order valence-electron chi connectivity index (χ4n) is 1.57. The number of hydrogen-bond acceptors (Lipinski definition) is 3. The number of unbranched alkanes of at least 4 members (excludes halogenated alkanes) is 6. The highest BCUT2D eigenvalue weighted by Crippen LogP contribution is 2.15. The Balaban J connectivity index is 2.01. The second-order valence-electron chi connectivity index (χ2n) is 3.85. The standard InChI is InChI=1S/C12H18O3/c1-2-3-4-5-6-7-8-9-10-11(13)15-12(10)14/h9H,2-8H2,1H3. The van der Waals surface area contributed by atoms with E-state index in [2.05, 4.69) is 11.7 Å². The summed E-state index contributed by atoms with van der Waals surface area (Å²) in [5.41, 5.74) is 0.239. The summed E-state index contributed by atoms with van der Waals surface area (Å²) in [6, 6.07) is 0. The van der Waals surface area contributed by atoms with Crippen molar-refractivity contribution in [3.8, 4) is 0 Å². The van der Waals surface area contributed by atoms with Gasteiger partial charge in [0.15, 0.2) is 0 Å². The van der Waals surface area contributed by atoms with Crippen molar-refractivity contribution in [1.29, 1.82) is 0 Å². The van der Waals surface area contributed by atoms with E-state index < -0.39 is 11.9 Å². The number of allylic oxidation sites excluding steroid dienone is 1. The molecule has 0 atom stereocenters. The number of carbonyl (C=O) groups excluding carboxylic acids is 2. The Morgan fingerprint density at radius 3 is 2.20 bits per heavy atom. The lowest BCUT2D eigenvalue weighted by Gasteiger charge is -2.12. The van der Waals surface area contributed by atoms with Gasteiger partial charge in [-0.2, -0.15) is 0 Å². The van der Waals surface area contributed by atoms with Crippen molar-refractivity contribution in [2.75, 3.05) is 0 Å². The van der Waals surface area contributed by atoms with E-state index in [4.69, 9.17) is 0 Å². The lowest BCUT2D eigenvalue weighted by atomic mass is 10.1. The highest BCUT2D eigenvalue weighted by atomic mass is 16.6. The largest absolute Gasteiger partial charge is 0.385 e. The van der Waals surface area contributed by atoms with E-state index in [-0.39, 0.29) is 5.57 Å². The summed E-state index contributed by atoms with van der Waals surface area (Å²) in [4.78, 5) is 21.5. The van der Waals surface area contributed by atoms with Crippen LogP contribution in [0.5, 0.6) is 0 Å². The Bertz CT molecular complexity index is 250. The van der Waals surface area contributed by atoms with Crippen LogP contribution < -0.4 is 0 Å². The van der Waals surface area contributed by atoms with Crippen LogP contribution >= 0.6 is 0 Å². The van der Waals surface area contributed by atoms with Crippen LogP contribution in [0.4, 0.5) is 0 Å². The molecule has 0 radical (unpaired) electrons. The molecule has 1 aliphatic rings. The first kappa shape index (κ1) is 12.0. The number of carbonyl (C=O) groups is 2. The first-order valence-corrected chi connectivity index (χ1v) is 5.72. The van der Waals surface area contributed by atoms with Gasteiger partial charge in [0.05, 0.1) is 0 Å². The van der Waals surface area contributed by atoms with Crippen LogP contribution in [0, 0.1) is 0 Å². The van der Waals surface area contributed by atoms with Gasteiger partial charge in [-0.15, -0.1) is 0 Å². The summed E-state index contributed by atoms with van der Waals surface area (Å²) in [7, 11) is 0. The predicted molar refractivity (Wildman–Crippen MR) is 57.2 cm³/mol. The third-order valence-electron chi connectivity index (χ3n) is 2.53. The number of hydrogen-bond donors (Lipinski definition) is 0. The molecule has 1 aliphatic heterocycles. The minimum absolute atomic E-state index is 0.239. The van der Waals surface area contributed by atoms with Crippen molar-refractivity contribution in [3.63, 3.8) is 0 Å². The molecule has 0 bridgehead atoms. The molecule has 15 heavy (non-hydrogen) atoms. The van der Waals surface area contributed by atoms with E-state index >= 15 is 0 Å². The third kappa shape index (κ3) is 3.86. The molecule has 0 aliphatic carbocycles. The molecule has 84 valence electrons. The highest BCUT2D eigenvalue weighted by molar-refractivity contribution is 6.26. The van der Waals surface area contributed by atoms with Crippen molar-refractivity contribution in [3.05, 3.63) is 11.6 Å². The van der Waals surface area contributed by atoms with Gasteiger partial charge in [-0.3, -0.25) is 0 Å². The van der Waals surface area contributed by atoms with Gasteiger partial charge in [0, 0.05) is 0 Å². The fourth-order valence-corrected chi connectivity index (χ4v) is 1.57. The lowest BCUT2D eigenvalue weighted by Crippen LogP contribution is -2.31. The molecule has 1 fully saturated rings. The Morgan fingerprint density at radius 1 is 1.00 bits per heavy atom. The normalized spacial score (nSPS) is 14.9. The molecule has 1 heterocycles. The maximum absolute atomic E-state index is 10.7. The van der Waals surface area contributed by atoms with Crippen LogP contribution in [-0.4, -0.2) is 11.9 Å². The third-order valence-corrected chi connectivity index (χ3v) is 2.53. The summed E-state index contributed by atoms with van der Waals surface area (Å²) < 4.78 is 4.22. The Hall–Kier alpha value is -1.12. The monoisotopic (exact) mass is 210 g/mol. The van der Waals surface area contributed by atoms with Gasteiger partial charge in [-0.25, -0.2) is 9.59 Å². The topological polar surface area (TPSA) is 43.4 Å². The van der Waals surface area contributed by atoms with Crippen LogP contribution in [0.2, 0.25) is 0 Å². The van der Waals surface area contributed by atoms with Crippen LogP contribution in [-0.2, 0) is 14.3 Å². The Labute approximate surface area is 90.5 Å². The van der Waals surface area contributed by atoms with Crippen molar-refractivity contribution in [2.45, 2.75) is 51.9 Å². The van der Waals surface area contributed by atoms with Crippen molar-refractivity contribution in [2.24, 2.45) is 0 Å². The molecule has 0 N–H and O–H groups in total. The Kier molecular flexibility index (Phi) is 5.08. The summed E-state index contributed by atoms with van der Waals surface area (Å²) >= 11 is 0. The van der Waals surface area contributed by atoms with E-state index in [0.29, 0.717) is 0 Å². The summed E-state index contributed by atoms with van der Waals surface area (Å²) in [6.07, 6.45) is 9.82. The molecule has 3 nitrogen and oxygen atoms in total. The number of esters is 2. The molecule has 1 saturated heterocycles. The SMILES string of the molecule is CCCCCCCCC=C1C(=O)OC1=O. The van der Waals surface area contributed by atoms with E-state index in [1.165, 1.54) is 32.1 Å². The van der Waals surface area contributed by atoms with E-state index in [1.807, 2.05) is 0 Å². The van der Waals surface area contributed by atoms with Crippen molar-refractivity contribution >= 4 is 11.9 Å². The average Bonchev–Trinajstić information content (AvgIpc) is 2.22. The first-order chi connectivity index (χ1) is 7.25. The van der Waals surface area contributed by atoms with Gasteiger partial charge < -0.3 is 4.74 Å². The van der Waals surface area contributed by atoms with E-state index in [1.54, 1.807) is 6.08 Å². The van der Waals surface area contributed by atoms with Crippen molar-refractivity contribution < 1.29 is 14.3 Å². The van der Waals surface area contributed by atoms with Crippen LogP contribution in [0.1, 0.15) is 51.9 Å². The van der Waals surface area contributed by atoms with Crippen molar-refractivity contribution in [1.82, 2.24) is 0 Å². The number of cyclic esters (lactones) is 2. The molecule has 1 rings (SSSR count). The zero-order valence-corrected chi connectivity index (χ0v) is 9.25. The van der Waals surface area contributed by atoms with Gasteiger partial charge in [-0.05, 0) is 12.8 Å². The van der Waals surface area contributed by atoms with E-state index in [9.17, 15) is 9.59 Å². The van der Waals surface area contributed by atoms with Gasteiger partial charge in [-0.1, -0.05) is 45.1 Å². The predicted octanol–water partition coefficient (Wildman–Crippen LogP) is 2.75. The van der Waals surface area contributed by atoms with Gasteiger partial charge in [0.25, 0.3) is 0 Å². The minimum Gasteiger partial charge on any atom is -0.385 e. The summed E-state index contributed by atoms with van der Waals surface area (Å²) in [6.45, 7) is 2.19. The average molecular weight is 210 g/mol. The molecule has 0 unspecified atom stereocenters. The Morgan fingerprint density at radius 2 is 1.60 bits per heavy atom. The molecular formula is C12H18O3. The highest BCUT2D eigenvalue weighted by Gasteiger charge is 2.33. The molecule has 3 heteroatoms. The maximum Gasteiger partial charge on any atom is 0.353 e. The zero-order chi connectivity index (χ0) is 11.1. The van der Waals surface area contributed by atoms with Gasteiger partial charge in [0.2, 0.25) is 0 Å². The minimum atomic E-state index is -0.467. The first-order valence-electron chi connectivity index (χ1n) is 5.72. The molecule has 0 amide bonds. The van der Waals surface area contributed by atoms with Gasteiger partial charge >= 0.3 is 11.9 Å². The zero-order valence-electron chi connectivity index (χ0n) is 9.25. The molecule has 0 saturated carbocycles. The second kappa shape index (κ2) is 6.38. The lowest BCUT2D eigenvalue weighted by molar-refractivity contribution is -0.165. The number of rotatable bonds is 7. The maximum atomic E-state index is 10.7. The fraction of sp³-hybridized carbons (Fsp3) is 0.667. The molecular weight excluding hydrogens is 192 g/mol. The summed E-state index contributed by atoms with van der Waals surface area (Å²) in [5.74, 6) is -0.933. The van der Waals surface area contributed by atoms with Crippen LogP contribution in [0.25, 0.3) is 0 Å². The smallest absolute Gasteiger partial charge is 0.353 e. The molecule has 0 aromatic heterocycles. The molecule has 0 aromatic rings. The molecule has 0 aromatic carbocycles.